The number of likely N-dealkylation sites (tertiary alicyclic amines) is 1. The summed E-state index contributed by atoms with van der Waals surface area (Å²) < 4.78 is 6.22. The summed E-state index contributed by atoms with van der Waals surface area (Å²) in [5, 5.41) is 5.52. The Bertz CT molecular complexity index is 972. The number of carbonyl (C=O) groups excluding carboxylic acids is 3. The van der Waals surface area contributed by atoms with Crippen LogP contribution < -0.4 is 10.6 Å². The van der Waals surface area contributed by atoms with E-state index in [0.717, 1.165) is 10.9 Å². The molecule has 1 aromatic carbocycles. The number of halogens is 1. The number of benzene rings is 1. The normalized spacial score (nSPS) is 16.0. The Morgan fingerprint density at radius 1 is 1.16 bits per heavy atom. The average Bonchev–Trinajstić information content (AvgIpc) is 3.19. The van der Waals surface area contributed by atoms with Gasteiger partial charge in [-0.05, 0) is 79.9 Å². The minimum Gasteiger partial charge on any atom is -0.444 e. The van der Waals surface area contributed by atoms with Crippen molar-refractivity contribution in [3.63, 3.8) is 0 Å². The summed E-state index contributed by atoms with van der Waals surface area (Å²) in [7, 11) is 0. The van der Waals surface area contributed by atoms with E-state index in [1.807, 2.05) is 0 Å². The van der Waals surface area contributed by atoms with Crippen LogP contribution in [-0.2, 0) is 9.53 Å². The molecule has 8 nitrogen and oxygen atoms in total. The first kappa shape index (κ1) is 22.7. The molecule has 1 aromatic heterocycles. The molecule has 0 bridgehead atoms. The Balaban J connectivity index is 1.65. The standard InChI is InChI=1S/C22H25BrN4O4/c1-22(2,3)31-21(30)27-11-5-8-17(27)20(29)25-16-7-4-6-14(12-16)19(28)26-18-10-9-15(23)13-24-18/h4,6-7,9-10,12-13,17H,5,8,11H2,1-3H3,(H,25,29)(H,24,26,28). The van der Waals surface area contributed by atoms with Crippen LogP contribution in [0.5, 0.6) is 0 Å². The number of nitrogens with one attached hydrogen (secondary N) is 2. The third kappa shape index (κ3) is 6.27. The first-order valence-electron chi connectivity index (χ1n) is 9.96. The van der Waals surface area contributed by atoms with E-state index in [1.54, 1.807) is 63.4 Å². The largest absolute Gasteiger partial charge is 0.444 e. The Morgan fingerprint density at radius 2 is 1.94 bits per heavy atom. The fourth-order valence-corrected chi connectivity index (χ4v) is 3.41. The van der Waals surface area contributed by atoms with E-state index in [-0.39, 0.29) is 11.8 Å². The van der Waals surface area contributed by atoms with Gasteiger partial charge in [0.05, 0.1) is 0 Å². The van der Waals surface area contributed by atoms with Gasteiger partial charge >= 0.3 is 6.09 Å². The summed E-state index contributed by atoms with van der Waals surface area (Å²) in [6, 6.07) is 9.44. The third-order valence-corrected chi connectivity index (χ3v) is 5.01. The van der Waals surface area contributed by atoms with Crippen LogP contribution in [0.4, 0.5) is 16.3 Å². The van der Waals surface area contributed by atoms with Crippen molar-refractivity contribution in [3.8, 4) is 0 Å². The first-order chi connectivity index (χ1) is 14.6. The van der Waals surface area contributed by atoms with Crippen molar-refractivity contribution in [1.82, 2.24) is 9.88 Å². The molecule has 31 heavy (non-hydrogen) atoms. The quantitative estimate of drug-likeness (QED) is 0.662. The number of amides is 3. The molecule has 0 aliphatic carbocycles. The van der Waals surface area contributed by atoms with E-state index in [4.69, 9.17) is 4.74 Å². The Morgan fingerprint density at radius 3 is 2.61 bits per heavy atom. The molecule has 1 fully saturated rings. The summed E-state index contributed by atoms with van der Waals surface area (Å²) in [5.74, 6) is -0.237. The SMILES string of the molecule is CC(C)(C)OC(=O)N1CCCC1C(=O)Nc1cccc(C(=O)Nc2ccc(Br)cn2)c1. The van der Waals surface area contributed by atoms with Crippen LogP contribution in [0.25, 0.3) is 0 Å². The zero-order valence-corrected chi connectivity index (χ0v) is 19.2. The Hall–Kier alpha value is -2.94. The number of hydrogen-bond acceptors (Lipinski definition) is 5. The summed E-state index contributed by atoms with van der Waals surface area (Å²) in [6.07, 6.45) is 2.37. The lowest BCUT2D eigenvalue weighted by Gasteiger charge is -2.28. The molecule has 9 heteroatoms. The van der Waals surface area contributed by atoms with Crippen LogP contribution in [-0.4, -0.2) is 46.0 Å². The fraction of sp³-hybridized carbons (Fsp3) is 0.364. The van der Waals surface area contributed by atoms with Crippen molar-refractivity contribution in [3.05, 3.63) is 52.6 Å². The Kier molecular flexibility index (Phi) is 6.94. The molecule has 2 N–H and O–H groups in total. The van der Waals surface area contributed by atoms with Crippen molar-refractivity contribution in [2.45, 2.75) is 45.3 Å². The van der Waals surface area contributed by atoms with E-state index in [2.05, 4.69) is 31.5 Å². The zero-order valence-electron chi connectivity index (χ0n) is 17.6. The van der Waals surface area contributed by atoms with Gasteiger partial charge in [0.15, 0.2) is 0 Å². The molecule has 1 aliphatic heterocycles. The summed E-state index contributed by atoms with van der Waals surface area (Å²) in [6.45, 7) is 5.83. The lowest BCUT2D eigenvalue weighted by atomic mass is 10.1. The van der Waals surface area contributed by atoms with Crippen molar-refractivity contribution in [2.24, 2.45) is 0 Å². The molecule has 2 heterocycles. The van der Waals surface area contributed by atoms with E-state index >= 15 is 0 Å². The number of carbonyl (C=O) groups is 3. The highest BCUT2D eigenvalue weighted by atomic mass is 79.9. The molecule has 0 spiro atoms. The third-order valence-electron chi connectivity index (χ3n) is 4.54. The molecule has 2 aromatic rings. The minimum atomic E-state index is -0.633. The molecule has 0 radical (unpaired) electrons. The van der Waals surface area contributed by atoms with Crippen LogP contribution >= 0.6 is 15.9 Å². The van der Waals surface area contributed by atoms with E-state index < -0.39 is 17.7 Å². The molecule has 164 valence electrons. The first-order valence-corrected chi connectivity index (χ1v) is 10.8. The molecule has 0 saturated carbocycles. The van der Waals surface area contributed by atoms with Gasteiger partial charge in [0, 0.05) is 28.5 Å². The summed E-state index contributed by atoms with van der Waals surface area (Å²) in [5.41, 5.74) is 0.210. The number of nitrogens with zero attached hydrogens (tertiary/aromatic N) is 2. The van der Waals surface area contributed by atoms with Crippen molar-refractivity contribution < 1.29 is 19.1 Å². The number of aromatic nitrogens is 1. The van der Waals surface area contributed by atoms with Gasteiger partial charge in [-0.2, -0.15) is 0 Å². The smallest absolute Gasteiger partial charge is 0.410 e. The van der Waals surface area contributed by atoms with Crippen LogP contribution in [0.15, 0.2) is 47.1 Å². The van der Waals surface area contributed by atoms with Gasteiger partial charge in [-0.15, -0.1) is 0 Å². The van der Waals surface area contributed by atoms with E-state index in [0.29, 0.717) is 30.0 Å². The lowest BCUT2D eigenvalue weighted by Crippen LogP contribution is -2.45. The monoisotopic (exact) mass is 488 g/mol. The molecule has 1 saturated heterocycles. The predicted octanol–water partition coefficient (Wildman–Crippen LogP) is 4.43. The average molecular weight is 489 g/mol. The maximum atomic E-state index is 12.8. The second kappa shape index (κ2) is 9.47. The second-order valence-electron chi connectivity index (χ2n) is 8.22. The van der Waals surface area contributed by atoms with Gasteiger partial charge in [0.2, 0.25) is 5.91 Å². The number of ether oxygens (including phenoxy) is 1. The molecule has 1 unspecified atom stereocenters. The van der Waals surface area contributed by atoms with Gasteiger partial charge < -0.3 is 15.4 Å². The van der Waals surface area contributed by atoms with E-state index in [1.165, 1.54) is 4.90 Å². The number of anilines is 2. The van der Waals surface area contributed by atoms with Gasteiger partial charge in [0.25, 0.3) is 5.91 Å². The maximum absolute atomic E-state index is 12.8. The van der Waals surface area contributed by atoms with Gasteiger partial charge in [-0.3, -0.25) is 14.5 Å². The molecular weight excluding hydrogens is 464 g/mol. The molecule has 1 aliphatic rings. The van der Waals surface area contributed by atoms with Crippen molar-refractivity contribution >= 4 is 45.3 Å². The highest BCUT2D eigenvalue weighted by molar-refractivity contribution is 9.10. The number of pyridine rings is 1. The highest BCUT2D eigenvalue weighted by Crippen LogP contribution is 2.23. The minimum absolute atomic E-state index is 0.310. The van der Waals surface area contributed by atoms with Gasteiger partial charge in [-0.1, -0.05) is 6.07 Å². The molecular formula is C22H25BrN4O4. The molecule has 3 amide bonds. The van der Waals surface area contributed by atoms with E-state index in [9.17, 15) is 14.4 Å². The Labute approximate surface area is 189 Å². The van der Waals surface area contributed by atoms with Crippen LogP contribution in [0.1, 0.15) is 44.0 Å². The van der Waals surface area contributed by atoms with Crippen LogP contribution in [0.2, 0.25) is 0 Å². The van der Waals surface area contributed by atoms with Gasteiger partial charge in [0.1, 0.15) is 17.5 Å². The van der Waals surface area contributed by atoms with Gasteiger partial charge in [-0.25, -0.2) is 9.78 Å². The fourth-order valence-electron chi connectivity index (χ4n) is 3.18. The summed E-state index contributed by atoms with van der Waals surface area (Å²) >= 11 is 3.30. The molecule has 3 rings (SSSR count). The van der Waals surface area contributed by atoms with Crippen molar-refractivity contribution in [2.75, 3.05) is 17.2 Å². The number of rotatable bonds is 4. The predicted molar refractivity (Wildman–Crippen MR) is 121 cm³/mol. The number of hydrogen-bond donors (Lipinski definition) is 2. The van der Waals surface area contributed by atoms with Crippen LogP contribution in [0.3, 0.4) is 0 Å². The van der Waals surface area contributed by atoms with Crippen molar-refractivity contribution in [1.29, 1.82) is 0 Å². The summed E-state index contributed by atoms with van der Waals surface area (Å²) in [4.78, 5) is 43.3. The zero-order chi connectivity index (χ0) is 22.6. The maximum Gasteiger partial charge on any atom is 0.410 e. The lowest BCUT2D eigenvalue weighted by molar-refractivity contribution is -0.120. The van der Waals surface area contributed by atoms with Crippen LogP contribution in [0, 0.1) is 0 Å². The second-order valence-corrected chi connectivity index (χ2v) is 9.13. The molecule has 1 atom stereocenters. The highest BCUT2D eigenvalue weighted by Gasteiger charge is 2.36. The topological polar surface area (TPSA) is 101 Å².